The molecule has 1 spiro atoms. The summed E-state index contributed by atoms with van der Waals surface area (Å²) in [4.78, 5) is 26.9. The van der Waals surface area contributed by atoms with Gasteiger partial charge in [-0.3, -0.25) is 4.79 Å². The van der Waals surface area contributed by atoms with Gasteiger partial charge in [-0.25, -0.2) is 4.79 Å². The molecule has 1 amide bonds. The van der Waals surface area contributed by atoms with E-state index in [1.54, 1.807) is 4.90 Å². The minimum Gasteiger partial charge on any atom is -0.481 e. The molecule has 2 aromatic carbocycles. The Morgan fingerprint density at radius 1 is 0.939 bits per heavy atom. The summed E-state index contributed by atoms with van der Waals surface area (Å²) in [5, 5.41) is 10.0. The minimum atomic E-state index is -0.625. The summed E-state index contributed by atoms with van der Waals surface area (Å²) in [6, 6.07) is 16.7. The number of benzene rings is 2. The number of amides is 1. The Morgan fingerprint density at radius 3 is 2.03 bits per heavy atom. The molecule has 3 aliphatic carbocycles. The monoisotopic (exact) mass is 445 g/mol. The maximum Gasteiger partial charge on any atom is 0.409 e. The normalized spacial score (nSPS) is 22.7. The number of ether oxygens (including phenoxy) is 1. The highest BCUT2D eigenvalue weighted by atomic mass is 16.6. The second-order valence-electron chi connectivity index (χ2n) is 10.7. The number of hydrogen-bond donors (Lipinski definition) is 1. The van der Waals surface area contributed by atoms with Crippen molar-refractivity contribution >= 4 is 12.1 Å². The average Bonchev–Trinajstić information content (AvgIpc) is 3.10. The molecule has 3 fully saturated rings. The number of fused-ring (bicyclic) bond motifs is 3. The van der Waals surface area contributed by atoms with Gasteiger partial charge in [0.25, 0.3) is 0 Å². The van der Waals surface area contributed by atoms with Crippen LogP contribution in [-0.2, 0) is 9.53 Å². The summed E-state index contributed by atoms with van der Waals surface area (Å²) in [6.07, 6.45) is 6.55. The van der Waals surface area contributed by atoms with Crippen molar-refractivity contribution < 1.29 is 19.4 Å². The van der Waals surface area contributed by atoms with Crippen molar-refractivity contribution in [3.8, 4) is 11.1 Å². The van der Waals surface area contributed by atoms with Gasteiger partial charge in [-0.05, 0) is 72.1 Å². The Bertz CT molecular complexity index is 1040. The molecule has 0 atom stereocenters. The van der Waals surface area contributed by atoms with Crippen LogP contribution in [0.4, 0.5) is 4.79 Å². The van der Waals surface area contributed by atoms with E-state index in [1.807, 2.05) is 24.3 Å². The molecule has 5 nitrogen and oxygen atoms in total. The van der Waals surface area contributed by atoms with E-state index in [2.05, 4.69) is 24.3 Å². The molecular formula is C28H31NO4. The van der Waals surface area contributed by atoms with Crippen molar-refractivity contribution in [3.63, 3.8) is 0 Å². The first-order chi connectivity index (χ1) is 16.0. The van der Waals surface area contributed by atoms with Crippen molar-refractivity contribution in [2.75, 3.05) is 19.7 Å². The van der Waals surface area contributed by atoms with Gasteiger partial charge in [-0.1, -0.05) is 55.0 Å². The SMILES string of the molecule is O=C(OCC1c2ccccc2-c2ccccc21)N1CCC(C2(C(=O)O)CC3(CCC3)C2)CC1. The summed E-state index contributed by atoms with van der Waals surface area (Å²) in [6.45, 7) is 1.50. The fourth-order valence-electron chi connectivity index (χ4n) is 7.23. The van der Waals surface area contributed by atoms with Crippen LogP contribution in [0.5, 0.6) is 0 Å². The molecule has 1 saturated heterocycles. The van der Waals surface area contributed by atoms with Gasteiger partial charge >= 0.3 is 12.1 Å². The lowest BCUT2D eigenvalue weighted by molar-refractivity contribution is -0.188. The summed E-state index contributed by atoms with van der Waals surface area (Å²) < 4.78 is 5.82. The molecule has 172 valence electrons. The number of aliphatic carboxylic acids is 1. The smallest absolute Gasteiger partial charge is 0.409 e. The summed E-state index contributed by atoms with van der Waals surface area (Å²) in [5.74, 6) is -0.402. The highest BCUT2D eigenvalue weighted by Gasteiger charge is 2.63. The fourth-order valence-corrected chi connectivity index (χ4v) is 7.23. The molecule has 2 saturated carbocycles. The molecule has 1 N–H and O–H groups in total. The van der Waals surface area contributed by atoms with Crippen LogP contribution in [0.3, 0.4) is 0 Å². The quantitative estimate of drug-likeness (QED) is 0.657. The first-order valence-corrected chi connectivity index (χ1v) is 12.3. The van der Waals surface area contributed by atoms with Gasteiger partial charge in [0.2, 0.25) is 0 Å². The van der Waals surface area contributed by atoms with Crippen molar-refractivity contribution in [1.82, 2.24) is 4.90 Å². The maximum atomic E-state index is 12.9. The molecule has 5 heteroatoms. The Labute approximate surface area is 194 Å². The van der Waals surface area contributed by atoms with Gasteiger partial charge in [0.05, 0.1) is 5.41 Å². The lowest BCUT2D eigenvalue weighted by Crippen LogP contribution is -2.59. The van der Waals surface area contributed by atoms with E-state index >= 15 is 0 Å². The Hall–Kier alpha value is -2.82. The Balaban J connectivity index is 1.08. The predicted molar refractivity (Wildman–Crippen MR) is 125 cm³/mol. The first kappa shape index (κ1) is 20.8. The third-order valence-corrected chi connectivity index (χ3v) is 9.09. The number of nitrogens with zero attached hydrogens (tertiary/aromatic N) is 1. The molecule has 1 heterocycles. The van der Waals surface area contributed by atoms with Crippen LogP contribution in [0.1, 0.15) is 62.0 Å². The number of carboxylic acids is 1. The second-order valence-corrected chi connectivity index (χ2v) is 10.7. The average molecular weight is 446 g/mol. The van der Waals surface area contributed by atoms with Gasteiger partial charge < -0.3 is 14.7 Å². The van der Waals surface area contributed by atoms with Crippen LogP contribution < -0.4 is 0 Å². The van der Waals surface area contributed by atoms with E-state index < -0.39 is 11.4 Å². The molecule has 0 aromatic heterocycles. The second kappa shape index (κ2) is 7.61. The number of rotatable bonds is 4. The van der Waals surface area contributed by atoms with Gasteiger partial charge in [0.15, 0.2) is 0 Å². The van der Waals surface area contributed by atoms with E-state index in [0.29, 0.717) is 25.1 Å². The van der Waals surface area contributed by atoms with Crippen molar-refractivity contribution in [2.24, 2.45) is 16.7 Å². The van der Waals surface area contributed by atoms with Crippen molar-refractivity contribution in [1.29, 1.82) is 0 Å². The van der Waals surface area contributed by atoms with Crippen LogP contribution in [-0.4, -0.2) is 41.8 Å². The first-order valence-electron chi connectivity index (χ1n) is 12.3. The fraction of sp³-hybridized carbons (Fsp3) is 0.500. The molecule has 33 heavy (non-hydrogen) atoms. The number of hydrogen-bond acceptors (Lipinski definition) is 3. The molecular weight excluding hydrogens is 414 g/mol. The highest BCUT2D eigenvalue weighted by molar-refractivity contribution is 5.79. The number of piperidine rings is 1. The topological polar surface area (TPSA) is 66.8 Å². The van der Waals surface area contributed by atoms with Gasteiger partial charge in [0.1, 0.15) is 6.61 Å². The largest absolute Gasteiger partial charge is 0.481 e. The lowest BCUT2D eigenvalue weighted by Gasteiger charge is -2.62. The molecule has 2 aromatic rings. The maximum absolute atomic E-state index is 12.9. The van der Waals surface area contributed by atoms with E-state index in [0.717, 1.165) is 25.7 Å². The zero-order chi connectivity index (χ0) is 22.6. The van der Waals surface area contributed by atoms with E-state index in [-0.39, 0.29) is 17.9 Å². The Kier molecular flexibility index (Phi) is 4.79. The summed E-state index contributed by atoms with van der Waals surface area (Å²) >= 11 is 0. The lowest BCUT2D eigenvalue weighted by atomic mass is 9.41. The standard InChI is InChI=1S/C28H31NO4/c30-25(31)28(17-27(18-28)12-5-13-27)19-10-14-29(15-11-19)26(32)33-16-24-22-8-3-1-6-20(22)21-7-2-4-9-23(21)24/h1-4,6-9,19,24H,5,10-18H2,(H,30,31). The van der Waals surface area contributed by atoms with Gasteiger partial charge in [-0.15, -0.1) is 0 Å². The van der Waals surface area contributed by atoms with Crippen LogP contribution >= 0.6 is 0 Å². The number of carboxylic acid groups (broad SMARTS) is 1. The third kappa shape index (κ3) is 3.19. The number of carbonyl (C=O) groups is 2. The number of carbonyl (C=O) groups excluding carboxylic acids is 1. The van der Waals surface area contributed by atoms with Crippen LogP contribution in [0, 0.1) is 16.7 Å². The Morgan fingerprint density at radius 2 is 1.52 bits per heavy atom. The van der Waals surface area contributed by atoms with Crippen molar-refractivity contribution in [2.45, 2.75) is 50.9 Å². The van der Waals surface area contributed by atoms with E-state index in [1.165, 1.54) is 41.5 Å². The zero-order valence-corrected chi connectivity index (χ0v) is 19.0. The van der Waals surface area contributed by atoms with Crippen LogP contribution in [0.2, 0.25) is 0 Å². The van der Waals surface area contributed by atoms with Crippen LogP contribution in [0.15, 0.2) is 48.5 Å². The highest BCUT2D eigenvalue weighted by Crippen LogP contribution is 2.68. The molecule has 1 aliphatic heterocycles. The van der Waals surface area contributed by atoms with Gasteiger partial charge in [-0.2, -0.15) is 0 Å². The third-order valence-electron chi connectivity index (χ3n) is 9.09. The molecule has 4 aliphatic rings. The molecule has 6 rings (SSSR count). The van der Waals surface area contributed by atoms with E-state index in [4.69, 9.17) is 4.74 Å². The van der Waals surface area contributed by atoms with Crippen molar-refractivity contribution in [3.05, 3.63) is 59.7 Å². The van der Waals surface area contributed by atoms with E-state index in [9.17, 15) is 14.7 Å². The predicted octanol–water partition coefficient (Wildman–Crippen LogP) is 5.68. The summed E-state index contributed by atoms with van der Waals surface area (Å²) in [5.41, 5.74) is 4.63. The molecule has 0 unspecified atom stereocenters. The number of likely N-dealkylation sites (tertiary alicyclic amines) is 1. The van der Waals surface area contributed by atoms with Gasteiger partial charge in [0, 0.05) is 19.0 Å². The zero-order valence-electron chi connectivity index (χ0n) is 19.0. The molecule has 0 bridgehead atoms. The summed E-state index contributed by atoms with van der Waals surface area (Å²) in [7, 11) is 0. The molecule has 0 radical (unpaired) electrons. The van der Waals surface area contributed by atoms with Crippen LogP contribution in [0.25, 0.3) is 11.1 Å². The minimum absolute atomic E-state index is 0.0582.